The molecule has 2 unspecified atom stereocenters. The third kappa shape index (κ3) is 3.60. The Hall–Kier alpha value is -0.810. The van der Waals surface area contributed by atoms with E-state index in [2.05, 4.69) is 13.8 Å². The van der Waals surface area contributed by atoms with Gasteiger partial charge in [-0.3, -0.25) is 9.59 Å². The fourth-order valence-electron chi connectivity index (χ4n) is 2.21. The second-order valence-corrected chi connectivity index (χ2v) is 7.24. The third-order valence-electron chi connectivity index (χ3n) is 3.57. The minimum absolute atomic E-state index is 0.0791. The summed E-state index contributed by atoms with van der Waals surface area (Å²) in [6.07, 6.45) is 0.655. The summed E-state index contributed by atoms with van der Waals surface area (Å²) < 4.78 is 0. The Balaban J connectivity index is 1.86. The van der Waals surface area contributed by atoms with Crippen molar-refractivity contribution in [2.24, 2.45) is 0 Å². The van der Waals surface area contributed by atoms with Crippen molar-refractivity contribution in [1.82, 2.24) is 4.90 Å². The van der Waals surface area contributed by atoms with Gasteiger partial charge < -0.3 is 4.90 Å². The highest BCUT2D eigenvalue weighted by molar-refractivity contribution is 8.00. The van der Waals surface area contributed by atoms with Crippen molar-refractivity contribution in [1.29, 1.82) is 0 Å². The third-order valence-corrected chi connectivity index (χ3v) is 5.82. The highest BCUT2D eigenvalue weighted by Gasteiger charge is 2.28. The van der Waals surface area contributed by atoms with Crippen LogP contribution in [-0.4, -0.2) is 40.2 Å². The smallest absolute Gasteiger partial charge is 0.223 e. The summed E-state index contributed by atoms with van der Waals surface area (Å²) in [4.78, 5) is 26.8. The van der Waals surface area contributed by atoms with Gasteiger partial charge in [0.1, 0.15) is 0 Å². The number of rotatable bonds is 4. The number of hydrogen-bond donors (Lipinski definition) is 0. The number of amides is 1. The molecule has 1 aliphatic rings. The fourth-order valence-corrected chi connectivity index (χ4v) is 4.00. The van der Waals surface area contributed by atoms with Crippen LogP contribution in [0.15, 0.2) is 17.5 Å². The van der Waals surface area contributed by atoms with Crippen molar-refractivity contribution in [3.63, 3.8) is 0 Å². The molecular weight excluding hydrogens is 278 g/mol. The summed E-state index contributed by atoms with van der Waals surface area (Å²) in [5.41, 5.74) is 0. The summed E-state index contributed by atoms with van der Waals surface area (Å²) in [5.74, 6) is 1.19. The molecule has 2 rings (SSSR count). The molecule has 0 saturated carbocycles. The molecule has 1 aliphatic heterocycles. The summed E-state index contributed by atoms with van der Waals surface area (Å²) in [5, 5.41) is 2.37. The molecule has 0 spiro atoms. The van der Waals surface area contributed by atoms with Crippen molar-refractivity contribution in [2.75, 3.05) is 12.3 Å². The SMILES string of the molecule is CC1SCCN(C(=O)CCC(=O)c2cccs2)C1C. The van der Waals surface area contributed by atoms with E-state index in [1.165, 1.54) is 11.3 Å². The average Bonchev–Trinajstić information content (AvgIpc) is 2.93. The second kappa shape index (κ2) is 6.57. The largest absolute Gasteiger partial charge is 0.338 e. The van der Waals surface area contributed by atoms with Crippen LogP contribution < -0.4 is 0 Å². The van der Waals surface area contributed by atoms with E-state index >= 15 is 0 Å². The van der Waals surface area contributed by atoms with E-state index in [1.807, 2.05) is 34.2 Å². The molecule has 1 aromatic heterocycles. The molecule has 1 aromatic rings. The number of thiophene rings is 1. The van der Waals surface area contributed by atoms with Crippen LogP contribution in [0.4, 0.5) is 0 Å². The molecule has 5 heteroatoms. The first-order valence-electron chi connectivity index (χ1n) is 6.57. The standard InChI is InChI=1S/C14H19NO2S2/c1-10-11(2)18-9-7-15(10)14(17)6-5-12(16)13-4-3-8-19-13/h3-4,8,10-11H,5-7,9H2,1-2H3. The number of carbonyl (C=O) groups is 2. The predicted molar refractivity (Wildman–Crippen MR) is 81.0 cm³/mol. The zero-order valence-electron chi connectivity index (χ0n) is 11.3. The first-order chi connectivity index (χ1) is 9.09. The van der Waals surface area contributed by atoms with Crippen LogP contribution in [0.3, 0.4) is 0 Å². The topological polar surface area (TPSA) is 37.4 Å². The van der Waals surface area contributed by atoms with Gasteiger partial charge in [0.05, 0.1) is 4.88 Å². The van der Waals surface area contributed by atoms with Gasteiger partial charge in [0.15, 0.2) is 5.78 Å². The molecule has 1 amide bonds. The average molecular weight is 297 g/mol. The molecule has 0 radical (unpaired) electrons. The lowest BCUT2D eigenvalue weighted by Crippen LogP contribution is -2.48. The first kappa shape index (κ1) is 14.6. The van der Waals surface area contributed by atoms with Crippen molar-refractivity contribution >= 4 is 34.8 Å². The van der Waals surface area contributed by atoms with Gasteiger partial charge in [-0.1, -0.05) is 13.0 Å². The Morgan fingerprint density at radius 2 is 2.16 bits per heavy atom. The molecule has 3 nitrogen and oxygen atoms in total. The lowest BCUT2D eigenvalue weighted by atomic mass is 10.1. The fraction of sp³-hybridized carbons (Fsp3) is 0.571. The molecule has 2 heterocycles. The van der Waals surface area contributed by atoms with Gasteiger partial charge in [-0.25, -0.2) is 0 Å². The van der Waals surface area contributed by atoms with Crippen LogP contribution in [0.5, 0.6) is 0 Å². The van der Waals surface area contributed by atoms with Crippen LogP contribution in [-0.2, 0) is 4.79 Å². The van der Waals surface area contributed by atoms with E-state index in [9.17, 15) is 9.59 Å². The highest BCUT2D eigenvalue weighted by Crippen LogP contribution is 2.25. The maximum absolute atomic E-state index is 12.2. The normalized spacial score (nSPS) is 23.4. The zero-order valence-corrected chi connectivity index (χ0v) is 12.9. The van der Waals surface area contributed by atoms with E-state index in [-0.39, 0.29) is 17.7 Å². The van der Waals surface area contributed by atoms with Gasteiger partial charge in [0, 0.05) is 36.4 Å². The van der Waals surface area contributed by atoms with Gasteiger partial charge in [-0.2, -0.15) is 11.8 Å². The summed E-state index contributed by atoms with van der Waals surface area (Å²) >= 11 is 3.35. The molecule has 2 atom stereocenters. The summed E-state index contributed by atoms with van der Waals surface area (Å²) in [7, 11) is 0. The van der Waals surface area contributed by atoms with Crippen molar-refractivity contribution in [2.45, 2.75) is 38.0 Å². The molecule has 19 heavy (non-hydrogen) atoms. The molecule has 0 bridgehead atoms. The minimum Gasteiger partial charge on any atom is -0.338 e. The molecule has 1 saturated heterocycles. The Kier molecular flexibility index (Phi) is 5.05. The van der Waals surface area contributed by atoms with Crippen LogP contribution in [0.25, 0.3) is 0 Å². The Morgan fingerprint density at radius 3 is 2.84 bits per heavy atom. The minimum atomic E-state index is 0.0791. The molecule has 1 fully saturated rings. The van der Waals surface area contributed by atoms with Gasteiger partial charge in [-0.15, -0.1) is 11.3 Å². The van der Waals surface area contributed by atoms with Crippen LogP contribution in [0.1, 0.15) is 36.4 Å². The Labute approximate surface area is 122 Å². The lowest BCUT2D eigenvalue weighted by molar-refractivity contribution is -0.133. The number of nitrogens with zero attached hydrogens (tertiary/aromatic N) is 1. The maximum atomic E-state index is 12.2. The maximum Gasteiger partial charge on any atom is 0.223 e. The molecular formula is C14H19NO2S2. The van der Waals surface area contributed by atoms with Gasteiger partial charge in [-0.05, 0) is 18.4 Å². The van der Waals surface area contributed by atoms with Gasteiger partial charge in [0.25, 0.3) is 0 Å². The quantitative estimate of drug-likeness (QED) is 0.802. The van der Waals surface area contributed by atoms with E-state index in [0.717, 1.165) is 17.2 Å². The molecule has 0 aromatic carbocycles. The highest BCUT2D eigenvalue weighted by atomic mass is 32.2. The van der Waals surface area contributed by atoms with Crippen LogP contribution >= 0.6 is 23.1 Å². The molecule has 0 N–H and O–H groups in total. The summed E-state index contributed by atoms with van der Waals surface area (Å²) in [6.45, 7) is 5.06. The number of carbonyl (C=O) groups excluding carboxylic acids is 2. The van der Waals surface area contributed by atoms with Crippen molar-refractivity contribution in [3.05, 3.63) is 22.4 Å². The number of Topliss-reactive ketones (excluding diaryl/α,β-unsaturated/α-hetero) is 1. The van der Waals surface area contributed by atoms with Crippen LogP contribution in [0.2, 0.25) is 0 Å². The predicted octanol–water partition coefficient (Wildman–Crippen LogP) is 3.06. The van der Waals surface area contributed by atoms with Crippen molar-refractivity contribution < 1.29 is 9.59 Å². The number of hydrogen-bond acceptors (Lipinski definition) is 4. The van der Waals surface area contributed by atoms with E-state index < -0.39 is 0 Å². The van der Waals surface area contributed by atoms with E-state index in [4.69, 9.17) is 0 Å². The molecule has 104 valence electrons. The zero-order chi connectivity index (χ0) is 13.8. The summed E-state index contributed by atoms with van der Waals surface area (Å²) in [6, 6.07) is 3.95. The second-order valence-electron chi connectivity index (χ2n) is 4.80. The molecule has 0 aliphatic carbocycles. The van der Waals surface area contributed by atoms with Gasteiger partial charge in [0.2, 0.25) is 5.91 Å². The van der Waals surface area contributed by atoms with E-state index in [0.29, 0.717) is 18.1 Å². The Morgan fingerprint density at radius 1 is 1.37 bits per heavy atom. The first-order valence-corrected chi connectivity index (χ1v) is 8.50. The number of ketones is 1. The monoisotopic (exact) mass is 297 g/mol. The van der Waals surface area contributed by atoms with Gasteiger partial charge >= 0.3 is 0 Å². The lowest BCUT2D eigenvalue weighted by Gasteiger charge is -2.37. The van der Waals surface area contributed by atoms with E-state index in [1.54, 1.807) is 0 Å². The van der Waals surface area contributed by atoms with Crippen LogP contribution in [0, 0.1) is 0 Å². The van der Waals surface area contributed by atoms with Crippen molar-refractivity contribution in [3.8, 4) is 0 Å². The Bertz CT molecular complexity index is 444. The number of thioether (sulfide) groups is 1.